The highest BCUT2D eigenvalue weighted by Crippen LogP contribution is 2.46. The number of hydrogen-bond acceptors (Lipinski definition) is 3. The van der Waals surface area contributed by atoms with Crippen LogP contribution in [0.15, 0.2) is 48.5 Å². The summed E-state index contributed by atoms with van der Waals surface area (Å²) < 4.78 is 0. The van der Waals surface area contributed by atoms with Crippen molar-refractivity contribution >= 4 is 28.6 Å². The molecule has 194 valence electrons. The third-order valence-electron chi connectivity index (χ3n) is 7.97. The second-order valence-electron chi connectivity index (χ2n) is 10.8. The first-order chi connectivity index (χ1) is 17.8. The van der Waals surface area contributed by atoms with Gasteiger partial charge in [0.1, 0.15) is 12.1 Å². The number of carbonyl (C=O) groups is 3. The Morgan fingerprint density at radius 2 is 1.81 bits per heavy atom. The lowest BCUT2D eigenvalue weighted by molar-refractivity contribution is -0.133. The van der Waals surface area contributed by atoms with Gasteiger partial charge in [-0.2, -0.15) is 0 Å². The van der Waals surface area contributed by atoms with Gasteiger partial charge in [-0.05, 0) is 41.5 Å². The monoisotopic (exact) mass is 500 g/mol. The Morgan fingerprint density at radius 3 is 2.57 bits per heavy atom. The molecule has 5 rings (SSSR count). The summed E-state index contributed by atoms with van der Waals surface area (Å²) >= 11 is 0. The number of aromatic nitrogens is 1. The molecule has 3 amide bonds. The average molecular weight is 501 g/mol. The Morgan fingerprint density at radius 1 is 1.08 bits per heavy atom. The molecule has 0 bridgehead atoms. The van der Waals surface area contributed by atoms with Crippen LogP contribution in [-0.2, 0) is 16.0 Å². The Labute approximate surface area is 218 Å². The van der Waals surface area contributed by atoms with E-state index in [-0.39, 0.29) is 29.7 Å². The maximum atomic E-state index is 13.9. The zero-order valence-corrected chi connectivity index (χ0v) is 22.0. The second-order valence-corrected chi connectivity index (χ2v) is 10.8. The Hall–Kier alpha value is -3.61. The Bertz CT molecular complexity index is 1340. The van der Waals surface area contributed by atoms with E-state index in [0.29, 0.717) is 24.4 Å². The van der Waals surface area contributed by atoms with Crippen molar-refractivity contribution in [2.24, 2.45) is 11.8 Å². The highest BCUT2D eigenvalue weighted by atomic mass is 16.2. The molecule has 1 aromatic heterocycles. The molecule has 7 nitrogen and oxygen atoms in total. The van der Waals surface area contributed by atoms with E-state index >= 15 is 0 Å². The highest BCUT2D eigenvalue weighted by Gasteiger charge is 2.49. The van der Waals surface area contributed by atoms with Crippen LogP contribution < -0.4 is 10.6 Å². The normalized spacial score (nSPS) is 19.8. The fourth-order valence-electron chi connectivity index (χ4n) is 5.68. The van der Waals surface area contributed by atoms with Gasteiger partial charge >= 0.3 is 0 Å². The number of rotatable bonds is 8. The molecule has 4 atom stereocenters. The smallest absolute Gasteiger partial charge is 0.255 e. The Balaban J connectivity index is 1.49. The number of benzene rings is 2. The van der Waals surface area contributed by atoms with Crippen LogP contribution in [0, 0.1) is 11.8 Å². The lowest BCUT2D eigenvalue weighted by atomic mass is 9.89. The minimum Gasteiger partial charge on any atom is -0.356 e. The predicted octanol–water partition coefficient (Wildman–Crippen LogP) is 4.33. The van der Waals surface area contributed by atoms with E-state index < -0.39 is 12.1 Å². The maximum Gasteiger partial charge on any atom is 0.255 e. The maximum absolute atomic E-state index is 13.9. The van der Waals surface area contributed by atoms with E-state index in [4.69, 9.17) is 0 Å². The summed E-state index contributed by atoms with van der Waals surface area (Å²) in [6, 6.07) is 13.9. The van der Waals surface area contributed by atoms with Gasteiger partial charge in [-0.1, -0.05) is 70.5 Å². The fourth-order valence-corrected chi connectivity index (χ4v) is 5.68. The van der Waals surface area contributed by atoms with Crippen molar-refractivity contribution in [3.63, 3.8) is 0 Å². The van der Waals surface area contributed by atoms with Crippen LogP contribution in [0.3, 0.4) is 0 Å². The minimum absolute atomic E-state index is 0.0440. The van der Waals surface area contributed by atoms with Crippen LogP contribution in [0.5, 0.6) is 0 Å². The SMILES string of the molecule is CCC(C)C(NC(=O)C1Cc2c([nH]c3ccccc23)C2c3ccccc3C(=O)N12)C(=O)NCCC(C)C. The molecule has 2 aliphatic rings. The van der Waals surface area contributed by atoms with Crippen LogP contribution in [0.2, 0.25) is 0 Å². The van der Waals surface area contributed by atoms with Gasteiger partial charge < -0.3 is 20.5 Å². The number of amides is 3. The summed E-state index contributed by atoms with van der Waals surface area (Å²) in [5.74, 6) is -0.167. The molecule has 0 fully saturated rings. The summed E-state index contributed by atoms with van der Waals surface area (Å²) in [6.45, 7) is 8.79. The number of fused-ring (bicyclic) bond motifs is 7. The van der Waals surface area contributed by atoms with E-state index in [1.165, 1.54) is 0 Å². The minimum atomic E-state index is -0.716. The zero-order valence-electron chi connectivity index (χ0n) is 22.0. The van der Waals surface area contributed by atoms with Crippen molar-refractivity contribution in [2.75, 3.05) is 6.54 Å². The molecule has 0 saturated carbocycles. The highest BCUT2D eigenvalue weighted by molar-refractivity contribution is 6.04. The number of para-hydroxylation sites is 1. The number of nitrogens with one attached hydrogen (secondary N) is 3. The molecule has 3 aromatic rings. The standard InChI is InChI=1S/C30H36N4O3/c1-5-18(4)25(29(36)31-15-14-17(2)3)33-28(35)24-16-22-19-10-8-9-13-23(19)32-26(22)27-20-11-6-7-12-21(20)30(37)34(24)27/h6-13,17-18,24-25,27,32H,5,14-16H2,1-4H3,(H,31,36)(H,33,35). The molecule has 37 heavy (non-hydrogen) atoms. The summed E-state index contributed by atoms with van der Waals surface area (Å²) in [5.41, 5.74) is 4.55. The lowest BCUT2D eigenvalue weighted by Crippen LogP contribution is -2.58. The average Bonchev–Trinajstić information content (AvgIpc) is 3.41. The molecule has 2 aromatic carbocycles. The van der Waals surface area contributed by atoms with Crippen LogP contribution in [0.4, 0.5) is 0 Å². The van der Waals surface area contributed by atoms with Crippen LogP contribution in [0.1, 0.15) is 73.8 Å². The molecule has 3 N–H and O–H groups in total. The summed E-state index contributed by atoms with van der Waals surface area (Å²) in [4.78, 5) is 45.9. The van der Waals surface area contributed by atoms with Crippen molar-refractivity contribution < 1.29 is 14.4 Å². The third-order valence-corrected chi connectivity index (χ3v) is 7.97. The van der Waals surface area contributed by atoms with E-state index in [2.05, 4.69) is 35.5 Å². The summed E-state index contributed by atoms with van der Waals surface area (Å²) in [6.07, 6.45) is 2.02. The first kappa shape index (κ1) is 25.1. The van der Waals surface area contributed by atoms with Crippen molar-refractivity contribution in [3.05, 3.63) is 70.9 Å². The van der Waals surface area contributed by atoms with Gasteiger partial charge in [-0.3, -0.25) is 14.4 Å². The molecule has 0 spiro atoms. The van der Waals surface area contributed by atoms with Gasteiger partial charge in [0, 0.05) is 35.1 Å². The zero-order chi connectivity index (χ0) is 26.3. The molecule has 0 saturated heterocycles. The predicted molar refractivity (Wildman–Crippen MR) is 144 cm³/mol. The molecule has 4 unspecified atom stereocenters. The lowest BCUT2D eigenvalue weighted by Gasteiger charge is -2.38. The fraction of sp³-hybridized carbons (Fsp3) is 0.433. The first-order valence-corrected chi connectivity index (χ1v) is 13.4. The summed E-state index contributed by atoms with van der Waals surface area (Å²) in [7, 11) is 0. The van der Waals surface area contributed by atoms with E-state index in [1.807, 2.05) is 56.3 Å². The van der Waals surface area contributed by atoms with E-state index in [0.717, 1.165) is 40.6 Å². The van der Waals surface area contributed by atoms with Crippen LogP contribution in [-0.4, -0.2) is 46.2 Å². The van der Waals surface area contributed by atoms with Gasteiger partial charge in [-0.15, -0.1) is 0 Å². The Kier molecular flexibility index (Phi) is 6.80. The molecular weight excluding hydrogens is 464 g/mol. The number of aromatic amines is 1. The third kappa shape index (κ3) is 4.41. The van der Waals surface area contributed by atoms with Gasteiger partial charge in [0.25, 0.3) is 5.91 Å². The quantitative estimate of drug-likeness (QED) is 0.430. The van der Waals surface area contributed by atoms with Gasteiger partial charge in [0.15, 0.2) is 0 Å². The molecule has 0 radical (unpaired) electrons. The molecule has 7 heteroatoms. The molecular formula is C30H36N4O3. The van der Waals surface area contributed by atoms with Crippen molar-refractivity contribution in [1.29, 1.82) is 0 Å². The first-order valence-electron chi connectivity index (χ1n) is 13.4. The van der Waals surface area contributed by atoms with Gasteiger partial charge in [-0.25, -0.2) is 0 Å². The van der Waals surface area contributed by atoms with Gasteiger partial charge in [0.05, 0.1) is 6.04 Å². The van der Waals surface area contributed by atoms with E-state index in [1.54, 1.807) is 4.90 Å². The van der Waals surface area contributed by atoms with Crippen molar-refractivity contribution in [1.82, 2.24) is 20.5 Å². The van der Waals surface area contributed by atoms with Gasteiger partial charge in [0.2, 0.25) is 11.8 Å². The van der Waals surface area contributed by atoms with E-state index in [9.17, 15) is 14.4 Å². The molecule has 0 aliphatic carbocycles. The number of nitrogens with zero attached hydrogens (tertiary/aromatic N) is 1. The van der Waals surface area contributed by atoms with Crippen molar-refractivity contribution in [3.8, 4) is 0 Å². The largest absolute Gasteiger partial charge is 0.356 e. The second kappa shape index (κ2) is 10.0. The van der Waals surface area contributed by atoms with Crippen LogP contribution in [0.25, 0.3) is 10.9 Å². The molecule has 2 aliphatic heterocycles. The summed E-state index contributed by atoms with van der Waals surface area (Å²) in [5, 5.41) is 7.12. The number of hydrogen-bond donors (Lipinski definition) is 3. The molecule has 3 heterocycles. The van der Waals surface area contributed by atoms with Crippen molar-refractivity contribution in [2.45, 2.75) is 65.1 Å². The topological polar surface area (TPSA) is 94.3 Å². The number of H-pyrrole nitrogens is 1. The van der Waals surface area contributed by atoms with Crippen LogP contribution >= 0.6 is 0 Å². The number of carbonyl (C=O) groups excluding carboxylic acids is 3.